The van der Waals surface area contributed by atoms with Gasteiger partial charge in [-0.1, -0.05) is 38.1 Å². The van der Waals surface area contributed by atoms with Gasteiger partial charge >= 0.3 is 0 Å². The molecule has 3 N–H and O–H groups in total. The first-order valence-corrected chi connectivity index (χ1v) is 7.06. The van der Waals surface area contributed by atoms with Gasteiger partial charge in [-0.3, -0.25) is 11.3 Å². The van der Waals surface area contributed by atoms with Crippen molar-refractivity contribution >= 4 is 0 Å². The minimum atomic E-state index is -0.0756. The molecule has 0 spiro atoms. The highest BCUT2D eigenvalue weighted by atomic mass is 16.5. The summed E-state index contributed by atoms with van der Waals surface area (Å²) < 4.78 is 5.01. The Balaban J connectivity index is 2.10. The molecule has 5 heteroatoms. The van der Waals surface area contributed by atoms with Gasteiger partial charge in [-0.15, -0.1) is 5.10 Å². The third kappa shape index (κ3) is 4.00. The molecule has 0 aliphatic rings. The Morgan fingerprint density at radius 3 is 2.29 bits per heavy atom. The van der Waals surface area contributed by atoms with Crippen LogP contribution in [0.2, 0.25) is 0 Å². The Morgan fingerprint density at radius 2 is 1.81 bits per heavy atom. The van der Waals surface area contributed by atoms with Gasteiger partial charge in [0.2, 0.25) is 5.88 Å². The lowest BCUT2D eigenvalue weighted by atomic mass is 9.98. The van der Waals surface area contributed by atoms with Gasteiger partial charge in [0.05, 0.1) is 18.8 Å². The van der Waals surface area contributed by atoms with Crippen molar-refractivity contribution in [1.82, 2.24) is 15.6 Å². The minimum absolute atomic E-state index is 0.0756. The van der Waals surface area contributed by atoms with Crippen LogP contribution < -0.4 is 16.0 Å². The van der Waals surface area contributed by atoms with E-state index >= 15 is 0 Å². The number of nitrogens with one attached hydrogen (secondary N) is 1. The first-order chi connectivity index (χ1) is 10.1. The van der Waals surface area contributed by atoms with Crippen LogP contribution >= 0.6 is 0 Å². The monoisotopic (exact) mass is 286 g/mol. The molecule has 2 rings (SSSR count). The molecule has 1 aromatic heterocycles. The molecule has 0 radical (unpaired) electrons. The number of benzene rings is 1. The molecular formula is C16H22N4O. The van der Waals surface area contributed by atoms with Crippen molar-refractivity contribution in [2.75, 3.05) is 7.11 Å². The summed E-state index contributed by atoms with van der Waals surface area (Å²) in [7, 11) is 1.57. The van der Waals surface area contributed by atoms with Crippen molar-refractivity contribution in [3.05, 3.63) is 53.2 Å². The lowest BCUT2D eigenvalue weighted by Crippen LogP contribution is -2.30. The van der Waals surface area contributed by atoms with Crippen molar-refractivity contribution in [1.29, 1.82) is 0 Å². The van der Waals surface area contributed by atoms with Crippen molar-refractivity contribution in [2.24, 2.45) is 5.84 Å². The summed E-state index contributed by atoms with van der Waals surface area (Å²) >= 11 is 0. The number of aromatic nitrogens is 2. The van der Waals surface area contributed by atoms with E-state index < -0.39 is 0 Å². The molecule has 0 bridgehead atoms. The number of hydrazine groups is 1. The van der Waals surface area contributed by atoms with Crippen LogP contribution in [0.5, 0.6) is 5.88 Å². The first-order valence-electron chi connectivity index (χ1n) is 7.06. The Hall–Kier alpha value is -1.98. The second kappa shape index (κ2) is 7.15. The van der Waals surface area contributed by atoms with E-state index in [4.69, 9.17) is 10.6 Å². The highest BCUT2D eigenvalue weighted by molar-refractivity contribution is 5.26. The maximum atomic E-state index is 5.65. The van der Waals surface area contributed by atoms with E-state index in [2.05, 4.69) is 53.7 Å². The van der Waals surface area contributed by atoms with E-state index in [9.17, 15) is 0 Å². The van der Waals surface area contributed by atoms with Gasteiger partial charge in [-0.2, -0.15) is 5.10 Å². The smallest absolute Gasteiger partial charge is 0.233 e. The zero-order valence-corrected chi connectivity index (χ0v) is 12.7. The van der Waals surface area contributed by atoms with Gasteiger partial charge in [0.1, 0.15) is 0 Å². The summed E-state index contributed by atoms with van der Waals surface area (Å²) in [5.41, 5.74) is 6.14. The second-order valence-electron chi connectivity index (χ2n) is 5.32. The number of hydrogen-bond donors (Lipinski definition) is 2. The highest BCUT2D eigenvalue weighted by Crippen LogP contribution is 2.19. The SMILES string of the molecule is COc1ccc(C(Cc2ccc(C(C)C)cc2)NN)nn1. The van der Waals surface area contributed by atoms with Crippen LogP contribution in [0.3, 0.4) is 0 Å². The lowest BCUT2D eigenvalue weighted by molar-refractivity contribution is 0.389. The number of methoxy groups -OCH3 is 1. The van der Waals surface area contributed by atoms with Crippen molar-refractivity contribution in [3.8, 4) is 5.88 Å². The first kappa shape index (κ1) is 15.4. The van der Waals surface area contributed by atoms with E-state index in [1.807, 2.05) is 6.07 Å². The fourth-order valence-electron chi connectivity index (χ4n) is 2.15. The molecule has 1 atom stereocenters. The van der Waals surface area contributed by atoms with E-state index in [0.717, 1.165) is 12.1 Å². The van der Waals surface area contributed by atoms with Gasteiger partial charge in [0, 0.05) is 6.07 Å². The molecule has 0 amide bonds. The number of rotatable bonds is 6. The molecule has 0 aliphatic carbocycles. The maximum absolute atomic E-state index is 5.65. The zero-order chi connectivity index (χ0) is 15.2. The third-order valence-electron chi connectivity index (χ3n) is 3.51. The largest absolute Gasteiger partial charge is 0.480 e. The zero-order valence-electron chi connectivity index (χ0n) is 12.7. The number of nitrogens with zero attached hydrogens (tertiary/aromatic N) is 2. The molecule has 0 saturated heterocycles. The third-order valence-corrected chi connectivity index (χ3v) is 3.51. The molecule has 1 aromatic carbocycles. The van der Waals surface area contributed by atoms with E-state index in [-0.39, 0.29) is 6.04 Å². The van der Waals surface area contributed by atoms with Crippen LogP contribution in [0, 0.1) is 0 Å². The maximum Gasteiger partial charge on any atom is 0.233 e. The molecule has 0 saturated carbocycles. The summed E-state index contributed by atoms with van der Waals surface area (Å²) in [5.74, 6) is 6.69. The van der Waals surface area contributed by atoms with Crippen LogP contribution in [0.1, 0.15) is 42.6 Å². The molecule has 1 unspecified atom stereocenters. The second-order valence-corrected chi connectivity index (χ2v) is 5.32. The Kier molecular flexibility index (Phi) is 5.25. The van der Waals surface area contributed by atoms with Gasteiger partial charge in [0.25, 0.3) is 0 Å². The van der Waals surface area contributed by atoms with Crippen LogP contribution in [-0.4, -0.2) is 17.3 Å². The number of ether oxygens (including phenoxy) is 1. The normalized spacial score (nSPS) is 12.4. The fraction of sp³-hybridized carbons (Fsp3) is 0.375. The Labute approximate surface area is 125 Å². The summed E-state index contributed by atoms with van der Waals surface area (Å²) in [6.07, 6.45) is 0.760. The summed E-state index contributed by atoms with van der Waals surface area (Å²) in [6, 6.07) is 12.2. The average Bonchev–Trinajstić information content (AvgIpc) is 2.53. The predicted molar refractivity (Wildman–Crippen MR) is 82.9 cm³/mol. The number of hydrogen-bond acceptors (Lipinski definition) is 5. The highest BCUT2D eigenvalue weighted by Gasteiger charge is 2.13. The summed E-state index contributed by atoms with van der Waals surface area (Å²) in [6.45, 7) is 4.37. The number of nitrogens with two attached hydrogens (primary N) is 1. The van der Waals surface area contributed by atoms with Crippen LogP contribution in [-0.2, 0) is 6.42 Å². The van der Waals surface area contributed by atoms with E-state index in [1.165, 1.54) is 11.1 Å². The summed E-state index contributed by atoms with van der Waals surface area (Å²) in [4.78, 5) is 0. The molecule has 2 aromatic rings. The average molecular weight is 286 g/mol. The van der Waals surface area contributed by atoms with Gasteiger partial charge in [0.15, 0.2) is 0 Å². The van der Waals surface area contributed by atoms with E-state index in [1.54, 1.807) is 13.2 Å². The van der Waals surface area contributed by atoms with E-state index in [0.29, 0.717) is 11.8 Å². The molecule has 5 nitrogen and oxygen atoms in total. The van der Waals surface area contributed by atoms with Crippen molar-refractivity contribution in [2.45, 2.75) is 32.2 Å². The fourth-order valence-corrected chi connectivity index (χ4v) is 2.15. The van der Waals surface area contributed by atoms with Crippen LogP contribution in [0.4, 0.5) is 0 Å². The standard InChI is InChI=1S/C16H22N4O/c1-11(2)13-6-4-12(5-7-13)10-15(18-17)14-8-9-16(21-3)20-19-14/h4-9,11,15,18H,10,17H2,1-3H3. The molecule has 0 aliphatic heterocycles. The molecule has 21 heavy (non-hydrogen) atoms. The van der Waals surface area contributed by atoms with Gasteiger partial charge in [-0.05, 0) is 29.5 Å². The quantitative estimate of drug-likeness (QED) is 0.630. The van der Waals surface area contributed by atoms with Crippen LogP contribution in [0.25, 0.3) is 0 Å². The topological polar surface area (TPSA) is 73.1 Å². The minimum Gasteiger partial charge on any atom is -0.480 e. The predicted octanol–water partition coefficient (Wildman–Crippen LogP) is 2.36. The van der Waals surface area contributed by atoms with Crippen LogP contribution in [0.15, 0.2) is 36.4 Å². The molecule has 112 valence electrons. The lowest BCUT2D eigenvalue weighted by Gasteiger charge is -2.15. The summed E-state index contributed by atoms with van der Waals surface area (Å²) in [5, 5.41) is 8.12. The van der Waals surface area contributed by atoms with Crippen molar-refractivity contribution < 1.29 is 4.74 Å². The molecule has 0 fully saturated rings. The Morgan fingerprint density at radius 1 is 1.10 bits per heavy atom. The molecule has 1 heterocycles. The van der Waals surface area contributed by atoms with Crippen molar-refractivity contribution in [3.63, 3.8) is 0 Å². The molecular weight excluding hydrogens is 264 g/mol. The van der Waals surface area contributed by atoms with Gasteiger partial charge in [-0.25, -0.2) is 0 Å². The Bertz CT molecular complexity index is 551. The van der Waals surface area contributed by atoms with Gasteiger partial charge < -0.3 is 4.74 Å².